The van der Waals surface area contributed by atoms with Crippen molar-refractivity contribution in [1.82, 2.24) is 10.2 Å². The number of likely N-dealkylation sites (tertiary alicyclic amines) is 1. The van der Waals surface area contributed by atoms with E-state index in [-0.39, 0.29) is 5.91 Å². The Morgan fingerprint density at radius 2 is 2.14 bits per heavy atom. The topological polar surface area (TPSA) is 44.4 Å². The first-order chi connectivity index (χ1) is 10.1. The molecule has 0 spiro atoms. The fourth-order valence-corrected chi connectivity index (χ4v) is 2.94. The number of likely N-dealkylation sites (N-methyl/N-ethyl adjacent to an activating group) is 1. The molecule has 1 unspecified atom stereocenters. The van der Waals surface area contributed by atoms with Crippen LogP contribution >= 0.6 is 0 Å². The number of hydrogen-bond donors (Lipinski definition) is 2. The Bertz CT molecular complexity index is 473. The minimum atomic E-state index is 0.0832. The third-order valence-electron chi connectivity index (χ3n) is 4.14. The van der Waals surface area contributed by atoms with Gasteiger partial charge in [-0.05, 0) is 44.0 Å². The van der Waals surface area contributed by atoms with Crippen LogP contribution in [-0.4, -0.2) is 43.5 Å². The number of benzene rings is 1. The molecule has 4 heteroatoms. The zero-order valence-electron chi connectivity index (χ0n) is 13.4. The van der Waals surface area contributed by atoms with E-state index in [1.165, 1.54) is 12.0 Å². The Morgan fingerprint density at radius 1 is 1.38 bits per heavy atom. The van der Waals surface area contributed by atoms with E-state index in [1.807, 2.05) is 25.2 Å². The molecule has 1 aliphatic heterocycles. The van der Waals surface area contributed by atoms with Gasteiger partial charge in [-0.3, -0.25) is 9.69 Å². The predicted molar refractivity (Wildman–Crippen MR) is 87.7 cm³/mol. The van der Waals surface area contributed by atoms with Gasteiger partial charge in [0.05, 0.1) is 6.54 Å². The van der Waals surface area contributed by atoms with Gasteiger partial charge in [0.25, 0.3) is 0 Å². The van der Waals surface area contributed by atoms with Crippen molar-refractivity contribution < 1.29 is 4.79 Å². The standard InChI is InChI=1S/C17H27N3O/c1-13(2)15-8-4-5-9-16(15)19-17(21)12-20-10-6-7-14(11-20)18-3/h4-5,8-9,13-14,18H,6-7,10-12H2,1-3H3,(H,19,21). The molecule has 1 amide bonds. The smallest absolute Gasteiger partial charge is 0.238 e. The summed E-state index contributed by atoms with van der Waals surface area (Å²) in [6, 6.07) is 8.57. The molecule has 2 rings (SSSR count). The summed E-state index contributed by atoms with van der Waals surface area (Å²) in [6.45, 7) is 6.73. The van der Waals surface area contributed by atoms with Gasteiger partial charge < -0.3 is 10.6 Å². The summed E-state index contributed by atoms with van der Waals surface area (Å²) in [4.78, 5) is 14.5. The van der Waals surface area contributed by atoms with Gasteiger partial charge in [-0.25, -0.2) is 0 Å². The normalized spacial score (nSPS) is 19.7. The van der Waals surface area contributed by atoms with Crippen molar-refractivity contribution in [3.8, 4) is 0 Å². The highest BCUT2D eigenvalue weighted by molar-refractivity contribution is 5.93. The summed E-state index contributed by atoms with van der Waals surface area (Å²) in [5.74, 6) is 0.491. The summed E-state index contributed by atoms with van der Waals surface area (Å²) in [7, 11) is 1.99. The molecule has 0 aromatic heterocycles. The van der Waals surface area contributed by atoms with Crippen LogP contribution in [0.25, 0.3) is 0 Å². The first-order valence-electron chi connectivity index (χ1n) is 7.88. The third kappa shape index (κ3) is 4.55. The van der Waals surface area contributed by atoms with Gasteiger partial charge >= 0.3 is 0 Å². The molecule has 21 heavy (non-hydrogen) atoms. The van der Waals surface area contributed by atoms with Crippen molar-refractivity contribution in [3.05, 3.63) is 29.8 Å². The number of nitrogens with one attached hydrogen (secondary N) is 2. The molecule has 1 aliphatic rings. The molecule has 1 atom stereocenters. The number of carbonyl (C=O) groups is 1. The highest BCUT2D eigenvalue weighted by Gasteiger charge is 2.20. The van der Waals surface area contributed by atoms with Crippen LogP contribution in [0, 0.1) is 0 Å². The highest BCUT2D eigenvalue weighted by atomic mass is 16.2. The molecule has 1 fully saturated rings. The van der Waals surface area contributed by atoms with Crippen molar-refractivity contribution in [2.75, 3.05) is 32.0 Å². The van der Waals surface area contributed by atoms with Crippen molar-refractivity contribution >= 4 is 11.6 Å². The molecule has 2 N–H and O–H groups in total. The monoisotopic (exact) mass is 289 g/mol. The molecule has 0 aliphatic carbocycles. The van der Waals surface area contributed by atoms with Crippen molar-refractivity contribution in [2.24, 2.45) is 0 Å². The number of rotatable bonds is 5. The van der Waals surface area contributed by atoms with Crippen molar-refractivity contribution in [3.63, 3.8) is 0 Å². The minimum absolute atomic E-state index is 0.0832. The maximum absolute atomic E-state index is 12.3. The molecule has 0 radical (unpaired) electrons. The van der Waals surface area contributed by atoms with Gasteiger partial charge in [-0.2, -0.15) is 0 Å². The maximum atomic E-state index is 12.3. The van der Waals surface area contributed by atoms with E-state index >= 15 is 0 Å². The maximum Gasteiger partial charge on any atom is 0.238 e. The number of carbonyl (C=O) groups excluding carboxylic acids is 1. The number of hydrogen-bond acceptors (Lipinski definition) is 3. The van der Waals surface area contributed by atoms with E-state index < -0.39 is 0 Å². The summed E-state index contributed by atoms with van der Waals surface area (Å²) < 4.78 is 0. The van der Waals surface area contributed by atoms with Gasteiger partial charge in [-0.1, -0.05) is 32.0 Å². The Balaban J connectivity index is 1.93. The lowest BCUT2D eigenvalue weighted by Crippen LogP contribution is -2.46. The molecule has 116 valence electrons. The number of nitrogens with zero attached hydrogens (tertiary/aromatic N) is 1. The van der Waals surface area contributed by atoms with Crippen LogP contribution in [0.1, 0.15) is 38.2 Å². The molecule has 4 nitrogen and oxygen atoms in total. The minimum Gasteiger partial charge on any atom is -0.325 e. The molecular weight excluding hydrogens is 262 g/mol. The van der Waals surface area contributed by atoms with Crippen LogP contribution in [0.2, 0.25) is 0 Å². The Labute approximate surface area is 127 Å². The van der Waals surface area contributed by atoms with Gasteiger partial charge in [0.2, 0.25) is 5.91 Å². The van der Waals surface area contributed by atoms with Crippen LogP contribution in [0.15, 0.2) is 24.3 Å². The average molecular weight is 289 g/mol. The molecule has 0 bridgehead atoms. The van der Waals surface area contributed by atoms with Crippen LogP contribution in [0.5, 0.6) is 0 Å². The SMILES string of the molecule is CNC1CCCN(CC(=O)Nc2ccccc2C(C)C)C1. The number of amides is 1. The Morgan fingerprint density at radius 3 is 2.86 bits per heavy atom. The number of para-hydroxylation sites is 1. The zero-order valence-corrected chi connectivity index (χ0v) is 13.4. The van der Waals surface area contributed by atoms with E-state index in [9.17, 15) is 4.79 Å². The summed E-state index contributed by atoms with van der Waals surface area (Å²) >= 11 is 0. The quantitative estimate of drug-likeness (QED) is 0.875. The lowest BCUT2D eigenvalue weighted by molar-refractivity contribution is -0.117. The molecule has 0 saturated carbocycles. The van der Waals surface area contributed by atoms with E-state index in [2.05, 4.69) is 35.4 Å². The molecule has 1 heterocycles. The van der Waals surface area contributed by atoms with Gasteiger partial charge in [0.15, 0.2) is 0 Å². The second kappa shape index (κ2) is 7.57. The van der Waals surface area contributed by atoms with Crippen molar-refractivity contribution in [2.45, 2.75) is 38.6 Å². The Hall–Kier alpha value is -1.39. The van der Waals surface area contributed by atoms with Crippen LogP contribution in [0.3, 0.4) is 0 Å². The fourth-order valence-electron chi connectivity index (χ4n) is 2.94. The average Bonchev–Trinajstić information content (AvgIpc) is 2.47. The number of piperidine rings is 1. The lowest BCUT2D eigenvalue weighted by atomic mass is 10.0. The second-order valence-corrected chi connectivity index (χ2v) is 6.15. The summed E-state index contributed by atoms with van der Waals surface area (Å²) in [5, 5.41) is 6.38. The largest absolute Gasteiger partial charge is 0.325 e. The molecule has 1 aromatic carbocycles. The highest BCUT2D eigenvalue weighted by Crippen LogP contribution is 2.23. The van der Waals surface area contributed by atoms with E-state index in [0.717, 1.165) is 25.2 Å². The fraction of sp³-hybridized carbons (Fsp3) is 0.588. The molecular formula is C17H27N3O. The van der Waals surface area contributed by atoms with Gasteiger partial charge in [0.1, 0.15) is 0 Å². The van der Waals surface area contributed by atoms with Crippen LogP contribution in [-0.2, 0) is 4.79 Å². The number of anilines is 1. The van der Waals surface area contributed by atoms with E-state index in [0.29, 0.717) is 18.5 Å². The summed E-state index contributed by atoms with van der Waals surface area (Å²) in [5.41, 5.74) is 2.14. The van der Waals surface area contributed by atoms with Crippen LogP contribution < -0.4 is 10.6 Å². The second-order valence-electron chi connectivity index (χ2n) is 6.15. The molecule has 1 saturated heterocycles. The molecule has 1 aromatic rings. The zero-order chi connectivity index (χ0) is 15.2. The first kappa shape index (κ1) is 16.0. The van der Waals surface area contributed by atoms with Crippen LogP contribution in [0.4, 0.5) is 5.69 Å². The Kier molecular flexibility index (Phi) is 5.76. The van der Waals surface area contributed by atoms with Crippen molar-refractivity contribution in [1.29, 1.82) is 0 Å². The first-order valence-corrected chi connectivity index (χ1v) is 7.88. The van der Waals surface area contributed by atoms with E-state index in [1.54, 1.807) is 0 Å². The van der Waals surface area contributed by atoms with Gasteiger partial charge in [-0.15, -0.1) is 0 Å². The third-order valence-corrected chi connectivity index (χ3v) is 4.14. The lowest BCUT2D eigenvalue weighted by Gasteiger charge is -2.32. The predicted octanol–water partition coefficient (Wildman–Crippen LogP) is 2.43. The summed E-state index contributed by atoms with van der Waals surface area (Å²) in [6.07, 6.45) is 2.35. The van der Waals surface area contributed by atoms with E-state index in [4.69, 9.17) is 0 Å². The van der Waals surface area contributed by atoms with Gasteiger partial charge in [0, 0.05) is 18.3 Å².